The summed E-state index contributed by atoms with van der Waals surface area (Å²) in [5.74, 6) is 0.463. The minimum absolute atomic E-state index is 0.0251. The zero-order valence-corrected chi connectivity index (χ0v) is 13.7. The Morgan fingerprint density at radius 1 is 1.33 bits per heavy atom. The minimum Gasteiger partial charge on any atom is -0.349 e. The Labute approximate surface area is 133 Å². The number of fused-ring (bicyclic) bond motifs is 1. The van der Waals surface area contributed by atoms with Crippen molar-refractivity contribution in [2.24, 2.45) is 5.92 Å². The van der Waals surface area contributed by atoms with Crippen LogP contribution >= 0.6 is 23.4 Å². The maximum atomic E-state index is 12.3. The number of sulfone groups is 1. The maximum Gasteiger partial charge on any atom is 0.224 e. The van der Waals surface area contributed by atoms with Gasteiger partial charge in [0, 0.05) is 15.7 Å². The zero-order valence-electron chi connectivity index (χ0n) is 11.3. The van der Waals surface area contributed by atoms with Crippen molar-refractivity contribution >= 4 is 39.1 Å². The third-order valence-corrected chi connectivity index (χ3v) is 7.06. The number of thioether (sulfide) groups is 1. The molecule has 0 bridgehead atoms. The van der Waals surface area contributed by atoms with Gasteiger partial charge in [0.05, 0.1) is 23.5 Å². The lowest BCUT2D eigenvalue weighted by atomic mass is 10.0. The smallest absolute Gasteiger partial charge is 0.224 e. The second-order valence-corrected chi connectivity index (χ2v) is 9.28. The monoisotopic (exact) mass is 345 g/mol. The topological polar surface area (TPSA) is 63.2 Å². The van der Waals surface area contributed by atoms with Crippen molar-refractivity contribution in [3.63, 3.8) is 0 Å². The highest BCUT2D eigenvalue weighted by Crippen LogP contribution is 2.37. The molecule has 0 saturated carbocycles. The van der Waals surface area contributed by atoms with Crippen molar-refractivity contribution in [3.05, 3.63) is 28.8 Å². The van der Waals surface area contributed by atoms with Crippen LogP contribution in [-0.2, 0) is 14.6 Å². The molecule has 0 aliphatic carbocycles. The van der Waals surface area contributed by atoms with E-state index in [0.29, 0.717) is 11.4 Å². The molecular formula is C14H16ClNO3S2. The van der Waals surface area contributed by atoms with Crippen molar-refractivity contribution in [3.8, 4) is 0 Å². The Morgan fingerprint density at radius 3 is 2.86 bits per heavy atom. The van der Waals surface area contributed by atoms with Gasteiger partial charge in [-0.15, -0.1) is 11.8 Å². The summed E-state index contributed by atoms with van der Waals surface area (Å²) < 4.78 is 23.0. The molecule has 114 valence electrons. The summed E-state index contributed by atoms with van der Waals surface area (Å²) in [5, 5.41) is 3.66. The van der Waals surface area contributed by atoms with E-state index in [4.69, 9.17) is 11.6 Å². The number of hydrogen-bond donors (Lipinski definition) is 1. The van der Waals surface area contributed by atoms with Gasteiger partial charge in [0.1, 0.15) is 0 Å². The number of nitrogens with one attached hydrogen (secondary N) is 1. The average Bonchev–Trinajstić information content (AvgIpc) is 2.80. The van der Waals surface area contributed by atoms with Crippen LogP contribution in [0.2, 0.25) is 5.02 Å². The molecule has 1 fully saturated rings. The van der Waals surface area contributed by atoms with Crippen molar-refractivity contribution < 1.29 is 13.2 Å². The van der Waals surface area contributed by atoms with E-state index < -0.39 is 15.8 Å². The number of carbonyl (C=O) groups excluding carboxylic acids is 1. The number of halogens is 1. The molecule has 1 aromatic carbocycles. The molecule has 0 spiro atoms. The third-order valence-electron chi connectivity index (χ3n) is 3.93. The van der Waals surface area contributed by atoms with Gasteiger partial charge in [0.25, 0.3) is 0 Å². The van der Waals surface area contributed by atoms with Crippen molar-refractivity contribution in [1.82, 2.24) is 5.32 Å². The fourth-order valence-electron chi connectivity index (χ4n) is 2.81. The summed E-state index contributed by atoms with van der Waals surface area (Å²) in [7, 11) is -3.03. The first kappa shape index (κ1) is 15.2. The van der Waals surface area contributed by atoms with Crippen LogP contribution in [0.15, 0.2) is 23.1 Å². The summed E-state index contributed by atoms with van der Waals surface area (Å²) in [4.78, 5) is 13.4. The van der Waals surface area contributed by atoms with Crippen molar-refractivity contribution in [2.75, 3.05) is 17.3 Å². The Bertz CT molecular complexity index is 675. The van der Waals surface area contributed by atoms with Gasteiger partial charge < -0.3 is 5.32 Å². The van der Waals surface area contributed by atoms with E-state index in [1.54, 1.807) is 11.8 Å². The van der Waals surface area contributed by atoms with Gasteiger partial charge >= 0.3 is 0 Å². The fraction of sp³-hybridized carbons (Fsp3) is 0.500. The van der Waals surface area contributed by atoms with Crippen molar-refractivity contribution in [1.29, 1.82) is 0 Å². The SMILES string of the molecule is O=C(N[C@H]1CCSc2ccc(Cl)cc21)[C@H]1CCS(=O)(=O)C1. The molecule has 2 heterocycles. The van der Waals surface area contributed by atoms with E-state index in [-0.39, 0.29) is 23.5 Å². The van der Waals surface area contributed by atoms with E-state index in [1.165, 1.54) is 0 Å². The molecule has 2 aliphatic heterocycles. The van der Waals surface area contributed by atoms with Crippen LogP contribution in [0, 0.1) is 5.92 Å². The number of hydrogen-bond acceptors (Lipinski definition) is 4. The van der Waals surface area contributed by atoms with Gasteiger partial charge in [-0.25, -0.2) is 8.42 Å². The largest absolute Gasteiger partial charge is 0.349 e. The molecule has 2 aliphatic rings. The molecular weight excluding hydrogens is 330 g/mol. The summed E-state index contributed by atoms with van der Waals surface area (Å²) in [6.45, 7) is 0. The first-order valence-corrected chi connectivity index (χ1v) is 10.1. The summed E-state index contributed by atoms with van der Waals surface area (Å²) in [5.41, 5.74) is 1.04. The van der Waals surface area contributed by atoms with E-state index in [1.807, 2.05) is 18.2 Å². The molecule has 0 unspecified atom stereocenters. The number of carbonyl (C=O) groups is 1. The van der Waals surface area contributed by atoms with E-state index in [2.05, 4.69) is 5.32 Å². The Balaban J connectivity index is 1.75. The molecule has 1 saturated heterocycles. The molecule has 7 heteroatoms. The van der Waals surface area contributed by atoms with E-state index in [9.17, 15) is 13.2 Å². The van der Waals surface area contributed by atoms with Gasteiger partial charge in [-0.3, -0.25) is 4.79 Å². The normalized spacial score (nSPS) is 27.1. The van der Waals surface area contributed by atoms with Gasteiger partial charge in [-0.2, -0.15) is 0 Å². The zero-order chi connectivity index (χ0) is 15.0. The Hall–Kier alpha value is -0.720. The number of rotatable bonds is 2. The highest BCUT2D eigenvalue weighted by Gasteiger charge is 2.34. The molecule has 1 N–H and O–H groups in total. The van der Waals surface area contributed by atoms with Crippen molar-refractivity contribution in [2.45, 2.75) is 23.8 Å². The van der Waals surface area contributed by atoms with Gasteiger partial charge in [-0.1, -0.05) is 11.6 Å². The maximum absolute atomic E-state index is 12.3. The molecule has 1 aromatic rings. The summed E-state index contributed by atoms with van der Waals surface area (Å²) in [6, 6.07) is 5.64. The predicted molar refractivity (Wildman–Crippen MR) is 84.4 cm³/mol. The predicted octanol–water partition coefficient (Wildman–Crippen LogP) is 2.43. The standard InChI is InChI=1S/C14H16ClNO3S2/c15-10-1-2-13-11(7-10)12(3-5-20-13)16-14(17)9-4-6-21(18,19)8-9/h1-2,7,9,12H,3-6,8H2,(H,16,17)/t9-,12-/m0/s1. The van der Waals surface area contributed by atoms with Gasteiger partial charge in [-0.05, 0) is 36.6 Å². The van der Waals surface area contributed by atoms with E-state index in [0.717, 1.165) is 22.6 Å². The number of amides is 1. The lowest BCUT2D eigenvalue weighted by molar-refractivity contribution is -0.125. The summed E-state index contributed by atoms with van der Waals surface area (Å²) >= 11 is 7.80. The molecule has 4 nitrogen and oxygen atoms in total. The lowest BCUT2D eigenvalue weighted by Gasteiger charge is -2.27. The minimum atomic E-state index is -3.03. The second-order valence-electron chi connectivity index (χ2n) is 5.48. The van der Waals surface area contributed by atoms with Gasteiger partial charge in [0.15, 0.2) is 9.84 Å². The average molecular weight is 346 g/mol. The van der Waals surface area contributed by atoms with E-state index >= 15 is 0 Å². The highest BCUT2D eigenvalue weighted by atomic mass is 35.5. The molecule has 0 radical (unpaired) electrons. The molecule has 3 rings (SSSR count). The molecule has 21 heavy (non-hydrogen) atoms. The van der Waals surface area contributed by atoms with Crippen LogP contribution < -0.4 is 5.32 Å². The highest BCUT2D eigenvalue weighted by molar-refractivity contribution is 7.99. The quantitative estimate of drug-likeness (QED) is 0.894. The van der Waals surface area contributed by atoms with Crippen LogP contribution in [0.5, 0.6) is 0 Å². The summed E-state index contributed by atoms with van der Waals surface area (Å²) in [6.07, 6.45) is 1.27. The molecule has 1 amide bonds. The molecule has 2 atom stereocenters. The first-order valence-electron chi connectivity index (χ1n) is 6.88. The van der Waals surface area contributed by atoms with Crippen LogP contribution in [0.4, 0.5) is 0 Å². The Morgan fingerprint density at radius 2 is 2.14 bits per heavy atom. The van der Waals surface area contributed by atoms with Crippen LogP contribution in [0.3, 0.4) is 0 Å². The van der Waals surface area contributed by atoms with Crippen LogP contribution in [0.1, 0.15) is 24.4 Å². The first-order chi connectivity index (χ1) is 9.94. The Kier molecular flexibility index (Phi) is 4.21. The lowest BCUT2D eigenvalue weighted by Crippen LogP contribution is -2.35. The fourth-order valence-corrected chi connectivity index (χ4v) is 5.83. The van der Waals surface area contributed by atoms with Crippen LogP contribution in [0.25, 0.3) is 0 Å². The van der Waals surface area contributed by atoms with Gasteiger partial charge in [0.2, 0.25) is 5.91 Å². The molecule has 0 aromatic heterocycles. The number of benzene rings is 1. The third kappa shape index (κ3) is 3.38. The second kappa shape index (κ2) is 5.82. The van der Waals surface area contributed by atoms with Crippen LogP contribution in [-0.4, -0.2) is 31.6 Å².